The van der Waals surface area contributed by atoms with Crippen molar-refractivity contribution in [1.29, 1.82) is 0 Å². The minimum atomic E-state index is -2.39. The third-order valence-electron chi connectivity index (χ3n) is 3.72. The predicted octanol–water partition coefficient (Wildman–Crippen LogP) is 4.31. The Hall–Kier alpha value is 0.531. The van der Waals surface area contributed by atoms with E-state index in [9.17, 15) is 4.80 Å². The number of hydrogen-bond acceptors (Lipinski definition) is 3. The van der Waals surface area contributed by atoms with Crippen LogP contribution in [-0.4, -0.2) is 36.6 Å². The van der Waals surface area contributed by atoms with Crippen LogP contribution in [0.4, 0.5) is 0 Å². The van der Waals surface area contributed by atoms with Gasteiger partial charge in [0.15, 0.2) is 16.6 Å². The van der Waals surface area contributed by atoms with Gasteiger partial charge >= 0.3 is 8.56 Å². The molecular formula is C13H34O3Si3. The lowest BCUT2D eigenvalue weighted by Gasteiger charge is -2.36. The Morgan fingerprint density at radius 3 is 1.79 bits per heavy atom. The Labute approximate surface area is 123 Å². The Morgan fingerprint density at radius 1 is 0.947 bits per heavy atom. The van der Waals surface area contributed by atoms with E-state index in [0.29, 0.717) is 0 Å². The molecule has 0 aromatic heterocycles. The topological polar surface area (TPSA) is 38.7 Å². The van der Waals surface area contributed by atoms with Crippen molar-refractivity contribution in [3.63, 3.8) is 0 Å². The quantitative estimate of drug-likeness (QED) is 0.560. The molecule has 0 unspecified atom stereocenters. The second kappa shape index (κ2) is 6.53. The molecule has 0 atom stereocenters. The Morgan fingerprint density at radius 2 is 1.42 bits per heavy atom. The summed E-state index contributed by atoms with van der Waals surface area (Å²) in [6.45, 7) is 20.2. The van der Waals surface area contributed by atoms with Gasteiger partial charge < -0.3 is 13.3 Å². The summed E-state index contributed by atoms with van der Waals surface area (Å²) < 4.78 is 12.1. The standard InChI is InChI=1S/C13H34O3Si3/c1-13(2,3)18(6,7)15-11-10-12-17(4,5)16-19(8,9)14/h14H,10-12H2,1-9H3. The molecule has 0 spiro atoms. The first-order valence-corrected chi connectivity index (χ1v) is 16.1. The van der Waals surface area contributed by atoms with Gasteiger partial charge in [-0.05, 0) is 56.8 Å². The average Bonchev–Trinajstić information content (AvgIpc) is 2.06. The van der Waals surface area contributed by atoms with Gasteiger partial charge in [-0.25, -0.2) is 0 Å². The largest absolute Gasteiger partial charge is 0.436 e. The molecular weight excluding hydrogens is 288 g/mol. The average molecular weight is 323 g/mol. The molecule has 0 aliphatic rings. The lowest BCUT2D eigenvalue weighted by Crippen LogP contribution is -2.45. The molecule has 19 heavy (non-hydrogen) atoms. The van der Waals surface area contributed by atoms with E-state index in [1.54, 1.807) is 0 Å². The molecule has 0 aliphatic heterocycles. The Bertz CT molecular complexity index is 278. The van der Waals surface area contributed by atoms with Crippen molar-refractivity contribution < 1.29 is 13.3 Å². The van der Waals surface area contributed by atoms with Gasteiger partial charge in [0, 0.05) is 6.61 Å². The van der Waals surface area contributed by atoms with Gasteiger partial charge in [-0.3, -0.25) is 0 Å². The van der Waals surface area contributed by atoms with Crippen LogP contribution in [0.15, 0.2) is 0 Å². The van der Waals surface area contributed by atoms with Crippen LogP contribution in [0, 0.1) is 0 Å². The van der Waals surface area contributed by atoms with E-state index in [1.807, 2.05) is 13.1 Å². The van der Waals surface area contributed by atoms with Crippen molar-refractivity contribution in [1.82, 2.24) is 0 Å². The lowest BCUT2D eigenvalue weighted by molar-refractivity contribution is 0.285. The van der Waals surface area contributed by atoms with Crippen molar-refractivity contribution in [2.45, 2.75) is 77.6 Å². The summed E-state index contributed by atoms with van der Waals surface area (Å²) >= 11 is 0. The number of hydrogen-bond donors (Lipinski definition) is 1. The van der Waals surface area contributed by atoms with Crippen molar-refractivity contribution in [2.75, 3.05) is 6.61 Å². The zero-order valence-electron chi connectivity index (χ0n) is 14.4. The van der Waals surface area contributed by atoms with Gasteiger partial charge in [-0.15, -0.1) is 0 Å². The summed E-state index contributed by atoms with van der Waals surface area (Å²) in [6.07, 6.45) is 1.04. The highest BCUT2D eigenvalue weighted by molar-refractivity contribution is 6.81. The molecule has 0 radical (unpaired) electrons. The van der Waals surface area contributed by atoms with Crippen LogP contribution < -0.4 is 0 Å². The lowest BCUT2D eigenvalue weighted by atomic mass is 10.2. The highest BCUT2D eigenvalue weighted by Crippen LogP contribution is 2.36. The van der Waals surface area contributed by atoms with Crippen LogP contribution in [0.1, 0.15) is 27.2 Å². The molecule has 0 saturated carbocycles. The second-order valence-electron chi connectivity index (χ2n) is 8.02. The van der Waals surface area contributed by atoms with E-state index < -0.39 is 25.2 Å². The molecule has 3 nitrogen and oxygen atoms in total. The van der Waals surface area contributed by atoms with E-state index in [2.05, 4.69) is 47.0 Å². The molecule has 0 fully saturated rings. The van der Waals surface area contributed by atoms with Gasteiger partial charge in [0.2, 0.25) is 0 Å². The van der Waals surface area contributed by atoms with E-state index in [4.69, 9.17) is 8.54 Å². The first kappa shape index (κ1) is 19.5. The minimum absolute atomic E-state index is 0.274. The molecule has 0 rings (SSSR count). The van der Waals surface area contributed by atoms with Gasteiger partial charge in [0.05, 0.1) is 0 Å². The molecule has 0 aromatic carbocycles. The molecule has 0 heterocycles. The normalized spacial score (nSPS) is 14.8. The fraction of sp³-hybridized carbons (Fsp3) is 1.00. The summed E-state index contributed by atoms with van der Waals surface area (Å²) in [5.74, 6) is 0. The van der Waals surface area contributed by atoms with Crippen LogP contribution >= 0.6 is 0 Å². The minimum Gasteiger partial charge on any atom is -0.436 e. The maximum Gasteiger partial charge on any atom is 0.318 e. The van der Waals surface area contributed by atoms with Crippen LogP contribution in [0.5, 0.6) is 0 Å². The molecule has 0 aromatic rings. The van der Waals surface area contributed by atoms with Gasteiger partial charge in [0.1, 0.15) is 0 Å². The predicted molar refractivity (Wildman–Crippen MR) is 90.8 cm³/mol. The van der Waals surface area contributed by atoms with E-state index >= 15 is 0 Å². The van der Waals surface area contributed by atoms with Gasteiger partial charge in [0.25, 0.3) is 0 Å². The number of rotatable bonds is 7. The third-order valence-corrected chi connectivity index (χ3v) is 14.0. The zero-order valence-corrected chi connectivity index (χ0v) is 17.4. The first-order chi connectivity index (χ1) is 8.16. The van der Waals surface area contributed by atoms with Crippen LogP contribution in [0.3, 0.4) is 0 Å². The summed E-state index contributed by atoms with van der Waals surface area (Å²) in [6, 6.07) is 1.05. The fourth-order valence-corrected chi connectivity index (χ4v) is 9.67. The molecule has 0 aliphatic carbocycles. The van der Waals surface area contributed by atoms with Crippen LogP contribution in [-0.2, 0) is 8.54 Å². The maximum absolute atomic E-state index is 9.87. The summed E-state index contributed by atoms with van der Waals surface area (Å²) in [7, 11) is -5.74. The zero-order chi connectivity index (χ0) is 15.5. The monoisotopic (exact) mass is 322 g/mol. The smallest absolute Gasteiger partial charge is 0.318 e. The highest BCUT2D eigenvalue weighted by Gasteiger charge is 2.37. The Balaban J connectivity index is 4.12. The summed E-state index contributed by atoms with van der Waals surface area (Å²) in [5.41, 5.74) is 0. The van der Waals surface area contributed by atoms with Crippen molar-refractivity contribution in [3.05, 3.63) is 0 Å². The van der Waals surface area contributed by atoms with E-state index in [0.717, 1.165) is 19.1 Å². The van der Waals surface area contributed by atoms with E-state index in [1.165, 1.54) is 0 Å². The fourth-order valence-electron chi connectivity index (χ4n) is 1.77. The third kappa shape index (κ3) is 8.41. The maximum atomic E-state index is 9.87. The Kier molecular flexibility index (Phi) is 6.71. The molecule has 6 heteroatoms. The van der Waals surface area contributed by atoms with Crippen molar-refractivity contribution in [3.8, 4) is 0 Å². The van der Waals surface area contributed by atoms with Gasteiger partial charge in [-0.1, -0.05) is 20.8 Å². The van der Waals surface area contributed by atoms with Gasteiger partial charge in [-0.2, -0.15) is 0 Å². The van der Waals surface area contributed by atoms with Crippen LogP contribution in [0.2, 0.25) is 50.4 Å². The molecule has 116 valence electrons. The van der Waals surface area contributed by atoms with E-state index in [-0.39, 0.29) is 5.04 Å². The second-order valence-corrected chi connectivity index (χ2v) is 20.6. The molecule has 0 saturated heterocycles. The highest BCUT2D eigenvalue weighted by atomic mass is 28.4. The first-order valence-electron chi connectivity index (χ1n) is 7.23. The SMILES string of the molecule is CC(C)(C)[Si](C)(C)OCCC[Si](C)(C)O[Si](C)(C)O. The molecule has 1 N–H and O–H groups in total. The van der Waals surface area contributed by atoms with Crippen LogP contribution in [0.25, 0.3) is 0 Å². The summed E-state index contributed by atoms with van der Waals surface area (Å²) in [5, 5.41) is 0.274. The molecule has 0 amide bonds. The molecule has 0 bridgehead atoms. The van der Waals surface area contributed by atoms with Crippen molar-refractivity contribution >= 4 is 25.2 Å². The summed E-state index contributed by atoms with van der Waals surface area (Å²) in [4.78, 5) is 9.87. The van der Waals surface area contributed by atoms with Crippen molar-refractivity contribution in [2.24, 2.45) is 0 Å².